The standard InChI is InChI=1S/C20H27N3O3S/c1-5-9-15-18(20(24)26-6-2)17(14(12-21)19(22)23(15)3)13-10-7-8-11-16(13)27(4)25/h7-8,10-12,17,22H,5-6,9,21H2,1-4H3/b14-12-,22-19?. The molecule has 0 aliphatic carbocycles. The molecule has 2 rings (SSSR count). The molecule has 1 aromatic carbocycles. The molecule has 0 amide bonds. The van der Waals surface area contributed by atoms with Gasteiger partial charge in [0.2, 0.25) is 0 Å². The van der Waals surface area contributed by atoms with Crippen molar-refractivity contribution in [1.29, 1.82) is 5.41 Å². The first-order valence-electron chi connectivity index (χ1n) is 8.95. The lowest BCUT2D eigenvalue weighted by Gasteiger charge is -2.37. The molecule has 0 bridgehead atoms. The lowest BCUT2D eigenvalue weighted by Crippen LogP contribution is -2.39. The molecule has 0 spiro atoms. The molecule has 146 valence electrons. The lowest BCUT2D eigenvalue weighted by atomic mass is 9.79. The Morgan fingerprint density at radius 3 is 2.59 bits per heavy atom. The summed E-state index contributed by atoms with van der Waals surface area (Å²) in [5.41, 5.74) is 8.30. The van der Waals surface area contributed by atoms with Crippen molar-refractivity contribution in [1.82, 2.24) is 4.90 Å². The fraction of sp³-hybridized carbons (Fsp3) is 0.400. The Hall–Kier alpha value is -2.41. The van der Waals surface area contributed by atoms with Crippen molar-refractivity contribution >= 4 is 22.6 Å². The summed E-state index contributed by atoms with van der Waals surface area (Å²) in [6.07, 6.45) is 4.40. The van der Waals surface area contributed by atoms with Gasteiger partial charge >= 0.3 is 5.97 Å². The maximum atomic E-state index is 12.9. The molecule has 3 N–H and O–H groups in total. The maximum Gasteiger partial charge on any atom is 0.336 e. The second kappa shape index (κ2) is 8.99. The summed E-state index contributed by atoms with van der Waals surface area (Å²) in [5.74, 6) is -0.781. The fourth-order valence-electron chi connectivity index (χ4n) is 3.43. The molecule has 0 saturated carbocycles. The van der Waals surface area contributed by atoms with Crippen LogP contribution in [0.4, 0.5) is 0 Å². The number of nitrogens with one attached hydrogen (secondary N) is 1. The number of carbonyl (C=O) groups excluding carboxylic acids is 1. The van der Waals surface area contributed by atoms with Gasteiger partial charge < -0.3 is 15.4 Å². The molecule has 0 saturated heterocycles. The molecule has 1 aliphatic heterocycles. The van der Waals surface area contributed by atoms with E-state index in [0.717, 1.165) is 12.1 Å². The molecule has 7 heteroatoms. The molecule has 6 nitrogen and oxygen atoms in total. The highest BCUT2D eigenvalue weighted by Crippen LogP contribution is 2.42. The van der Waals surface area contributed by atoms with Crippen LogP contribution >= 0.6 is 0 Å². The molecule has 0 fully saturated rings. The van der Waals surface area contributed by atoms with Gasteiger partial charge in [-0.3, -0.25) is 9.62 Å². The van der Waals surface area contributed by atoms with Crippen LogP contribution in [-0.4, -0.2) is 40.8 Å². The molecule has 0 aromatic heterocycles. The molecule has 1 heterocycles. The van der Waals surface area contributed by atoms with Crippen LogP contribution in [-0.2, 0) is 20.3 Å². The summed E-state index contributed by atoms with van der Waals surface area (Å²) in [6, 6.07) is 7.27. The Bertz CT molecular complexity index is 830. The van der Waals surface area contributed by atoms with Crippen LogP contribution in [0.5, 0.6) is 0 Å². The van der Waals surface area contributed by atoms with Crippen LogP contribution in [0, 0.1) is 5.41 Å². The van der Waals surface area contributed by atoms with Gasteiger partial charge in [-0.25, -0.2) is 4.79 Å². The summed E-state index contributed by atoms with van der Waals surface area (Å²) in [7, 11) is 0.507. The molecular formula is C20H27N3O3S. The number of hydrogen-bond donors (Lipinski definition) is 2. The van der Waals surface area contributed by atoms with Crippen molar-refractivity contribution in [2.75, 3.05) is 19.9 Å². The first kappa shape index (κ1) is 20.9. The van der Waals surface area contributed by atoms with Crippen LogP contribution in [0.15, 0.2) is 52.2 Å². The maximum absolute atomic E-state index is 12.9. The predicted molar refractivity (Wildman–Crippen MR) is 108 cm³/mol. The molecule has 27 heavy (non-hydrogen) atoms. The number of nitrogens with zero attached hydrogens (tertiary/aromatic N) is 1. The molecule has 2 unspecified atom stereocenters. The minimum absolute atomic E-state index is 0.232. The van der Waals surface area contributed by atoms with Gasteiger partial charge in [0.25, 0.3) is 0 Å². The summed E-state index contributed by atoms with van der Waals surface area (Å²) in [4.78, 5) is 15.3. The number of carbonyl (C=O) groups is 1. The van der Waals surface area contributed by atoms with Crippen molar-refractivity contribution in [3.05, 3.63) is 52.9 Å². The largest absolute Gasteiger partial charge is 0.463 e. The van der Waals surface area contributed by atoms with Gasteiger partial charge in [-0.1, -0.05) is 31.5 Å². The van der Waals surface area contributed by atoms with Crippen LogP contribution in [0.3, 0.4) is 0 Å². The highest BCUT2D eigenvalue weighted by Gasteiger charge is 2.39. The van der Waals surface area contributed by atoms with E-state index in [1.165, 1.54) is 6.20 Å². The Kier molecular flexibility index (Phi) is 6.96. The number of allylic oxidation sites excluding steroid dienone is 1. The number of ether oxygens (including phenoxy) is 1. The monoisotopic (exact) mass is 389 g/mol. The average molecular weight is 390 g/mol. The highest BCUT2D eigenvalue weighted by atomic mass is 32.2. The number of likely N-dealkylation sites (N-methyl/N-ethyl adjacent to an activating group) is 1. The van der Waals surface area contributed by atoms with Crippen molar-refractivity contribution in [2.24, 2.45) is 5.73 Å². The number of esters is 1. The number of rotatable bonds is 6. The van der Waals surface area contributed by atoms with Gasteiger partial charge in [0.15, 0.2) is 0 Å². The molecule has 0 radical (unpaired) electrons. The summed E-state index contributed by atoms with van der Waals surface area (Å²) < 4.78 is 17.7. The third-order valence-corrected chi connectivity index (χ3v) is 5.62. The van der Waals surface area contributed by atoms with E-state index in [9.17, 15) is 9.00 Å². The smallest absolute Gasteiger partial charge is 0.336 e. The lowest BCUT2D eigenvalue weighted by molar-refractivity contribution is -0.139. The first-order chi connectivity index (χ1) is 12.9. The zero-order chi connectivity index (χ0) is 20.1. The van der Waals surface area contributed by atoms with E-state index in [1.54, 1.807) is 31.2 Å². The summed E-state index contributed by atoms with van der Waals surface area (Å²) in [6.45, 7) is 4.03. The Balaban J connectivity index is 2.85. The van der Waals surface area contributed by atoms with Crippen LogP contribution in [0.1, 0.15) is 38.2 Å². The van der Waals surface area contributed by atoms with E-state index in [-0.39, 0.29) is 12.4 Å². The quantitative estimate of drug-likeness (QED) is 0.729. The van der Waals surface area contributed by atoms with Crippen molar-refractivity contribution < 1.29 is 13.7 Å². The summed E-state index contributed by atoms with van der Waals surface area (Å²) >= 11 is 0. The minimum Gasteiger partial charge on any atom is -0.463 e. The third kappa shape index (κ3) is 3.98. The van der Waals surface area contributed by atoms with Crippen molar-refractivity contribution in [3.8, 4) is 0 Å². The first-order valence-corrected chi connectivity index (χ1v) is 10.5. The fourth-order valence-corrected chi connectivity index (χ4v) is 4.22. The van der Waals surface area contributed by atoms with Gasteiger partial charge in [0, 0.05) is 41.6 Å². The Morgan fingerprint density at radius 1 is 1.37 bits per heavy atom. The number of nitrogens with two attached hydrogens (primary N) is 1. The van der Waals surface area contributed by atoms with E-state index in [1.807, 2.05) is 25.1 Å². The zero-order valence-electron chi connectivity index (χ0n) is 16.2. The van der Waals surface area contributed by atoms with Crippen LogP contribution in [0.25, 0.3) is 0 Å². The van der Waals surface area contributed by atoms with Gasteiger partial charge in [0.05, 0.1) is 23.0 Å². The number of benzene rings is 1. The predicted octanol–water partition coefficient (Wildman–Crippen LogP) is 2.89. The van der Waals surface area contributed by atoms with Crippen molar-refractivity contribution in [2.45, 2.75) is 37.5 Å². The number of amidine groups is 1. The normalized spacial score (nSPS) is 20.1. The second-order valence-electron chi connectivity index (χ2n) is 6.29. The molecule has 1 aliphatic rings. The van der Waals surface area contributed by atoms with E-state index in [4.69, 9.17) is 15.9 Å². The van der Waals surface area contributed by atoms with E-state index >= 15 is 0 Å². The van der Waals surface area contributed by atoms with E-state index in [2.05, 4.69) is 0 Å². The van der Waals surface area contributed by atoms with Gasteiger partial charge in [0.1, 0.15) is 5.84 Å². The number of hydrogen-bond acceptors (Lipinski definition) is 5. The van der Waals surface area contributed by atoms with Crippen LogP contribution in [0.2, 0.25) is 0 Å². The molecule has 1 aromatic rings. The Morgan fingerprint density at radius 2 is 2.04 bits per heavy atom. The SMILES string of the molecule is CCCC1=C(C(=O)OCC)C(c2ccccc2S(C)=O)/C(=C/N)C(=N)N1C. The zero-order valence-corrected chi connectivity index (χ0v) is 17.1. The summed E-state index contributed by atoms with van der Waals surface area (Å²) in [5, 5.41) is 8.57. The highest BCUT2D eigenvalue weighted by molar-refractivity contribution is 7.84. The minimum atomic E-state index is -1.25. The average Bonchev–Trinajstić information content (AvgIpc) is 2.65. The van der Waals surface area contributed by atoms with Gasteiger partial charge in [-0.05, 0) is 25.0 Å². The topological polar surface area (TPSA) is 96.5 Å². The van der Waals surface area contributed by atoms with Gasteiger partial charge in [-0.15, -0.1) is 0 Å². The third-order valence-electron chi connectivity index (χ3n) is 4.63. The van der Waals surface area contributed by atoms with E-state index < -0.39 is 22.7 Å². The Labute approximate surface area is 163 Å². The molecular weight excluding hydrogens is 362 g/mol. The second-order valence-corrected chi connectivity index (χ2v) is 7.63. The van der Waals surface area contributed by atoms with Crippen molar-refractivity contribution in [3.63, 3.8) is 0 Å². The van der Waals surface area contributed by atoms with E-state index in [0.29, 0.717) is 28.0 Å². The van der Waals surface area contributed by atoms with Gasteiger partial charge in [-0.2, -0.15) is 0 Å². The van der Waals surface area contributed by atoms with Crippen LogP contribution < -0.4 is 5.73 Å². The molecule has 2 atom stereocenters.